The Morgan fingerprint density at radius 3 is 2.75 bits per heavy atom. The van der Waals surface area contributed by atoms with Crippen LogP contribution in [-0.4, -0.2) is 30.0 Å². The zero-order valence-electron chi connectivity index (χ0n) is 16.9. The first-order chi connectivity index (χ1) is 13.3. The number of carbonyl (C=O) groups is 1. The Kier molecular flexibility index (Phi) is 7.43. The van der Waals surface area contributed by atoms with Crippen LogP contribution < -0.4 is 21.1 Å². The van der Waals surface area contributed by atoms with E-state index in [0.717, 1.165) is 17.9 Å². The van der Waals surface area contributed by atoms with Gasteiger partial charge in [-0.3, -0.25) is 4.79 Å². The number of rotatable bonds is 8. The third kappa shape index (κ3) is 6.94. The van der Waals surface area contributed by atoms with Crippen molar-refractivity contribution in [3.8, 4) is 5.75 Å². The Hall–Kier alpha value is -3.03. The smallest absolute Gasteiger partial charge is 0.255 e. The summed E-state index contributed by atoms with van der Waals surface area (Å²) in [5, 5.41) is 6.41. The fourth-order valence-electron chi connectivity index (χ4n) is 2.30. The predicted octanol–water partition coefficient (Wildman–Crippen LogP) is 2.09. The standard InChI is InChI=1S/C20H29N5O3/c1-5-22-19(25-12-18-23-11-16(28-18)20(2,3)4)24-10-14-7-6-8-15(9-14)27-13-17(21)26/h6-9,11H,5,10,12-13H2,1-4H3,(H2,21,26)(H2,22,24,25). The highest BCUT2D eigenvalue weighted by molar-refractivity contribution is 5.79. The number of primary amides is 1. The number of hydrogen-bond donors (Lipinski definition) is 3. The summed E-state index contributed by atoms with van der Waals surface area (Å²) in [6.07, 6.45) is 1.76. The number of nitrogens with two attached hydrogens (primary N) is 1. The minimum Gasteiger partial charge on any atom is -0.484 e. The van der Waals surface area contributed by atoms with Crippen LogP contribution in [-0.2, 0) is 23.3 Å². The molecule has 8 nitrogen and oxygen atoms in total. The Balaban J connectivity index is 1.97. The first-order valence-corrected chi connectivity index (χ1v) is 9.25. The number of ether oxygens (including phenoxy) is 1. The van der Waals surface area contributed by atoms with Gasteiger partial charge in [0.15, 0.2) is 12.6 Å². The Labute approximate surface area is 165 Å². The molecule has 0 spiro atoms. The molecule has 0 radical (unpaired) electrons. The Bertz CT molecular complexity index is 808. The van der Waals surface area contributed by atoms with E-state index in [2.05, 4.69) is 41.4 Å². The number of benzene rings is 1. The lowest BCUT2D eigenvalue weighted by Crippen LogP contribution is -2.36. The Morgan fingerprint density at radius 2 is 2.11 bits per heavy atom. The average molecular weight is 387 g/mol. The van der Waals surface area contributed by atoms with Gasteiger partial charge in [-0.05, 0) is 24.6 Å². The fourth-order valence-corrected chi connectivity index (χ4v) is 2.30. The van der Waals surface area contributed by atoms with Gasteiger partial charge in [-0.15, -0.1) is 0 Å². The lowest BCUT2D eigenvalue weighted by Gasteiger charge is -2.13. The molecule has 1 amide bonds. The van der Waals surface area contributed by atoms with Gasteiger partial charge in [0, 0.05) is 12.0 Å². The van der Waals surface area contributed by atoms with E-state index in [1.165, 1.54) is 0 Å². The molecule has 0 bridgehead atoms. The molecule has 0 saturated heterocycles. The van der Waals surface area contributed by atoms with Gasteiger partial charge in [0.1, 0.15) is 11.5 Å². The summed E-state index contributed by atoms with van der Waals surface area (Å²) in [7, 11) is 0. The van der Waals surface area contributed by atoms with Gasteiger partial charge in [-0.2, -0.15) is 0 Å². The maximum absolute atomic E-state index is 10.8. The molecule has 1 heterocycles. The van der Waals surface area contributed by atoms with Gasteiger partial charge in [-0.25, -0.2) is 9.98 Å². The molecule has 2 rings (SSSR count). The van der Waals surface area contributed by atoms with Gasteiger partial charge in [-0.1, -0.05) is 32.9 Å². The van der Waals surface area contributed by atoms with Crippen molar-refractivity contribution in [3.05, 3.63) is 47.7 Å². The van der Waals surface area contributed by atoms with Gasteiger partial charge >= 0.3 is 0 Å². The van der Waals surface area contributed by atoms with Crippen LogP contribution in [0.25, 0.3) is 0 Å². The van der Waals surface area contributed by atoms with Crippen molar-refractivity contribution in [2.45, 2.75) is 46.2 Å². The molecule has 0 saturated carbocycles. The molecule has 8 heteroatoms. The molecule has 0 atom stereocenters. The van der Waals surface area contributed by atoms with E-state index in [4.69, 9.17) is 14.9 Å². The molecule has 0 aliphatic rings. The second-order valence-electron chi connectivity index (χ2n) is 7.32. The zero-order chi connectivity index (χ0) is 20.6. The summed E-state index contributed by atoms with van der Waals surface area (Å²) in [5.74, 6) is 2.18. The van der Waals surface area contributed by atoms with Crippen LogP contribution in [0.2, 0.25) is 0 Å². The van der Waals surface area contributed by atoms with Gasteiger partial charge < -0.3 is 25.5 Å². The monoisotopic (exact) mass is 387 g/mol. The van der Waals surface area contributed by atoms with Crippen LogP contribution >= 0.6 is 0 Å². The molecular weight excluding hydrogens is 358 g/mol. The quantitative estimate of drug-likeness (QED) is 0.472. The van der Waals surface area contributed by atoms with Crippen molar-refractivity contribution < 1.29 is 13.9 Å². The minimum atomic E-state index is -0.511. The summed E-state index contributed by atoms with van der Waals surface area (Å²) >= 11 is 0. The summed E-state index contributed by atoms with van der Waals surface area (Å²) in [6.45, 7) is 9.70. The van der Waals surface area contributed by atoms with Crippen LogP contribution in [0.1, 0.15) is 44.9 Å². The third-order valence-corrected chi connectivity index (χ3v) is 3.74. The molecule has 152 valence electrons. The lowest BCUT2D eigenvalue weighted by molar-refractivity contribution is -0.119. The molecule has 0 unspecified atom stereocenters. The third-order valence-electron chi connectivity index (χ3n) is 3.74. The average Bonchev–Trinajstić information content (AvgIpc) is 3.12. The topological polar surface area (TPSA) is 115 Å². The second kappa shape index (κ2) is 9.77. The SMILES string of the molecule is CCNC(=NCc1cccc(OCC(N)=O)c1)NCc1ncc(C(C)(C)C)o1. The highest BCUT2D eigenvalue weighted by Gasteiger charge is 2.19. The zero-order valence-corrected chi connectivity index (χ0v) is 16.9. The van der Waals surface area contributed by atoms with E-state index < -0.39 is 5.91 Å². The lowest BCUT2D eigenvalue weighted by atomic mass is 9.94. The van der Waals surface area contributed by atoms with E-state index in [1.807, 2.05) is 25.1 Å². The first kappa shape index (κ1) is 21.3. The number of nitrogens with zero attached hydrogens (tertiary/aromatic N) is 2. The summed E-state index contributed by atoms with van der Waals surface area (Å²) in [4.78, 5) is 19.7. The molecule has 28 heavy (non-hydrogen) atoms. The largest absolute Gasteiger partial charge is 0.484 e. The van der Waals surface area contributed by atoms with Gasteiger partial charge in [0.25, 0.3) is 5.91 Å². The predicted molar refractivity (Wildman–Crippen MR) is 108 cm³/mol. The number of hydrogen-bond acceptors (Lipinski definition) is 5. The van der Waals surface area contributed by atoms with E-state index in [9.17, 15) is 4.79 Å². The normalized spacial score (nSPS) is 11.9. The highest BCUT2D eigenvalue weighted by Crippen LogP contribution is 2.22. The van der Waals surface area contributed by atoms with Crippen molar-refractivity contribution in [1.29, 1.82) is 0 Å². The number of carbonyl (C=O) groups excluding carboxylic acids is 1. The first-order valence-electron chi connectivity index (χ1n) is 9.25. The van der Waals surface area contributed by atoms with E-state index >= 15 is 0 Å². The van der Waals surface area contributed by atoms with Crippen molar-refractivity contribution in [1.82, 2.24) is 15.6 Å². The van der Waals surface area contributed by atoms with Gasteiger partial charge in [0.2, 0.25) is 5.89 Å². The maximum Gasteiger partial charge on any atom is 0.255 e. The minimum absolute atomic E-state index is 0.0779. The van der Waals surface area contributed by atoms with E-state index in [1.54, 1.807) is 12.3 Å². The number of aliphatic imine (C=N–C) groups is 1. The number of aromatic nitrogens is 1. The molecule has 1 aromatic heterocycles. The number of guanidine groups is 1. The number of amides is 1. The van der Waals surface area contributed by atoms with Crippen molar-refractivity contribution in [2.24, 2.45) is 10.7 Å². The molecule has 1 aromatic carbocycles. The summed E-state index contributed by atoms with van der Waals surface area (Å²) < 4.78 is 11.1. The van der Waals surface area contributed by atoms with Crippen molar-refractivity contribution in [3.63, 3.8) is 0 Å². The van der Waals surface area contributed by atoms with E-state index in [-0.39, 0.29) is 12.0 Å². The van der Waals surface area contributed by atoms with Crippen LogP contribution in [0.15, 0.2) is 39.9 Å². The fraction of sp³-hybridized carbons (Fsp3) is 0.450. The van der Waals surface area contributed by atoms with E-state index in [0.29, 0.717) is 30.7 Å². The number of nitrogens with one attached hydrogen (secondary N) is 2. The Morgan fingerprint density at radius 1 is 1.32 bits per heavy atom. The van der Waals surface area contributed by atoms with Crippen LogP contribution in [0.4, 0.5) is 0 Å². The highest BCUT2D eigenvalue weighted by atomic mass is 16.5. The maximum atomic E-state index is 10.8. The molecule has 4 N–H and O–H groups in total. The summed E-state index contributed by atoms with van der Waals surface area (Å²) in [6, 6.07) is 7.39. The number of oxazole rings is 1. The van der Waals surface area contributed by atoms with Crippen LogP contribution in [0.5, 0.6) is 5.75 Å². The molecule has 0 fully saturated rings. The second-order valence-corrected chi connectivity index (χ2v) is 7.32. The van der Waals surface area contributed by atoms with Crippen molar-refractivity contribution in [2.75, 3.05) is 13.2 Å². The van der Waals surface area contributed by atoms with Gasteiger partial charge in [0.05, 0.1) is 19.3 Å². The molecular formula is C20H29N5O3. The van der Waals surface area contributed by atoms with Crippen LogP contribution in [0, 0.1) is 0 Å². The molecule has 0 aliphatic heterocycles. The van der Waals surface area contributed by atoms with Crippen LogP contribution in [0.3, 0.4) is 0 Å². The summed E-state index contributed by atoms with van der Waals surface area (Å²) in [5.41, 5.74) is 5.97. The van der Waals surface area contributed by atoms with Crippen molar-refractivity contribution >= 4 is 11.9 Å². The molecule has 0 aliphatic carbocycles. The molecule has 2 aromatic rings.